The highest BCUT2D eigenvalue weighted by molar-refractivity contribution is 5.47. The van der Waals surface area contributed by atoms with E-state index in [9.17, 15) is 0 Å². The minimum Gasteiger partial charge on any atom is -0.481 e. The zero-order valence-electron chi connectivity index (χ0n) is 14.4. The summed E-state index contributed by atoms with van der Waals surface area (Å²) in [6, 6.07) is 13.7. The summed E-state index contributed by atoms with van der Waals surface area (Å²) in [6.07, 6.45) is 1.36. The van der Waals surface area contributed by atoms with Crippen LogP contribution >= 0.6 is 0 Å². The van der Waals surface area contributed by atoms with Crippen LogP contribution in [0.5, 0.6) is 5.75 Å². The fourth-order valence-corrected chi connectivity index (χ4v) is 2.29. The molecule has 24 heavy (non-hydrogen) atoms. The predicted molar refractivity (Wildman–Crippen MR) is 91.7 cm³/mol. The van der Waals surface area contributed by atoms with E-state index < -0.39 is 0 Å². The van der Waals surface area contributed by atoms with Crippen LogP contribution < -0.4 is 4.74 Å². The van der Waals surface area contributed by atoms with Crippen molar-refractivity contribution in [2.24, 2.45) is 0 Å². The van der Waals surface area contributed by atoms with Crippen LogP contribution in [0.4, 0.5) is 0 Å². The molecule has 0 fully saturated rings. The molecule has 1 atom stereocenters. The molecule has 0 spiro atoms. The minimum absolute atomic E-state index is 0.119. The Hall–Kier alpha value is -2.69. The van der Waals surface area contributed by atoms with Gasteiger partial charge in [-0.05, 0) is 42.2 Å². The molecule has 0 unspecified atom stereocenters. The molecule has 2 aromatic heterocycles. The van der Waals surface area contributed by atoms with Crippen molar-refractivity contribution in [3.63, 3.8) is 0 Å². The van der Waals surface area contributed by atoms with Crippen LogP contribution in [-0.4, -0.2) is 15.1 Å². The standard InChI is InChI=1S/C19H21N3O2/c1-13(23-15-10-8-14(9-11-15)19(2,3)4)18-21-17(22-24-18)16-7-5-6-12-20-16/h5-13H,1-4H3/t13-/m0/s1. The highest BCUT2D eigenvalue weighted by Crippen LogP contribution is 2.27. The molecule has 0 bridgehead atoms. The second kappa shape index (κ2) is 6.43. The average molecular weight is 323 g/mol. The van der Waals surface area contributed by atoms with Gasteiger partial charge in [0.1, 0.15) is 11.4 Å². The lowest BCUT2D eigenvalue weighted by molar-refractivity contribution is 0.175. The Balaban J connectivity index is 1.71. The number of aromatic nitrogens is 3. The third kappa shape index (κ3) is 3.62. The normalized spacial score (nSPS) is 12.8. The first kappa shape index (κ1) is 16.2. The zero-order valence-corrected chi connectivity index (χ0v) is 14.4. The Morgan fingerprint density at radius 3 is 2.42 bits per heavy atom. The highest BCUT2D eigenvalue weighted by atomic mass is 16.5. The molecule has 2 heterocycles. The van der Waals surface area contributed by atoms with Gasteiger partial charge in [-0.15, -0.1) is 0 Å². The Morgan fingerprint density at radius 2 is 1.79 bits per heavy atom. The van der Waals surface area contributed by atoms with Crippen molar-refractivity contribution in [1.29, 1.82) is 0 Å². The molecule has 5 heteroatoms. The third-order valence-corrected chi connectivity index (χ3v) is 3.72. The van der Waals surface area contributed by atoms with E-state index in [0.29, 0.717) is 17.4 Å². The number of rotatable bonds is 4. The first-order valence-electron chi connectivity index (χ1n) is 7.96. The summed E-state index contributed by atoms with van der Waals surface area (Å²) in [5.41, 5.74) is 2.06. The quantitative estimate of drug-likeness (QED) is 0.704. The van der Waals surface area contributed by atoms with Gasteiger partial charge < -0.3 is 9.26 Å². The van der Waals surface area contributed by atoms with Gasteiger partial charge in [-0.3, -0.25) is 4.98 Å². The largest absolute Gasteiger partial charge is 0.481 e. The van der Waals surface area contributed by atoms with Crippen molar-refractivity contribution in [2.75, 3.05) is 0 Å². The summed E-state index contributed by atoms with van der Waals surface area (Å²) in [7, 11) is 0. The second-order valence-corrected chi connectivity index (χ2v) is 6.71. The van der Waals surface area contributed by atoms with Crippen LogP contribution in [0.15, 0.2) is 53.2 Å². The summed E-state index contributed by atoms with van der Waals surface area (Å²) < 4.78 is 11.2. The van der Waals surface area contributed by atoms with Gasteiger partial charge in [-0.25, -0.2) is 0 Å². The minimum atomic E-state index is -0.338. The molecule has 0 saturated carbocycles. The number of nitrogens with zero attached hydrogens (tertiary/aromatic N) is 3. The molecule has 0 saturated heterocycles. The van der Waals surface area contributed by atoms with Crippen molar-refractivity contribution < 1.29 is 9.26 Å². The van der Waals surface area contributed by atoms with Gasteiger partial charge in [0, 0.05) is 6.20 Å². The van der Waals surface area contributed by atoms with Crippen molar-refractivity contribution in [3.05, 3.63) is 60.1 Å². The van der Waals surface area contributed by atoms with E-state index in [-0.39, 0.29) is 11.5 Å². The Bertz CT molecular complexity index is 789. The molecular weight excluding hydrogens is 302 g/mol. The maximum absolute atomic E-state index is 5.90. The molecule has 0 aliphatic rings. The molecule has 3 aromatic rings. The monoisotopic (exact) mass is 323 g/mol. The highest BCUT2D eigenvalue weighted by Gasteiger charge is 2.18. The lowest BCUT2D eigenvalue weighted by Gasteiger charge is -2.19. The van der Waals surface area contributed by atoms with E-state index in [0.717, 1.165) is 5.75 Å². The van der Waals surface area contributed by atoms with Crippen LogP contribution in [0.25, 0.3) is 11.5 Å². The van der Waals surface area contributed by atoms with Crippen molar-refractivity contribution >= 4 is 0 Å². The smallest absolute Gasteiger partial charge is 0.267 e. The van der Waals surface area contributed by atoms with E-state index in [1.165, 1.54) is 5.56 Å². The van der Waals surface area contributed by atoms with Crippen LogP contribution in [0.1, 0.15) is 45.3 Å². The first-order chi connectivity index (χ1) is 11.4. The Morgan fingerprint density at radius 1 is 1.04 bits per heavy atom. The molecule has 3 rings (SSSR count). The number of hydrogen-bond acceptors (Lipinski definition) is 5. The number of pyridine rings is 1. The van der Waals surface area contributed by atoms with Crippen molar-refractivity contribution in [1.82, 2.24) is 15.1 Å². The van der Waals surface area contributed by atoms with E-state index in [1.54, 1.807) is 6.20 Å². The van der Waals surface area contributed by atoms with Gasteiger partial charge in [0.25, 0.3) is 5.89 Å². The molecule has 0 N–H and O–H groups in total. The van der Waals surface area contributed by atoms with Gasteiger partial charge in [0.05, 0.1) is 0 Å². The average Bonchev–Trinajstić information content (AvgIpc) is 3.05. The molecular formula is C19H21N3O2. The Kier molecular flexibility index (Phi) is 4.34. The predicted octanol–water partition coefficient (Wildman–Crippen LogP) is 4.57. The van der Waals surface area contributed by atoms with Crippen LogP contribution in [0.3, 0.4) is 0 Å². The van der Waals surface area contributed by atoms with Gasteiger partial charge in [0.2, 0.25) is 5.82 Å². The van der Waals surface area contributed by atoms with Gasteiger partial charge in [0.15, 0.2) is 6.10 Å². The van der Waals surface area contributed by atoms with E-state index >= 15 is 0 Å². The molecule has 1 aromatic carbocycles. The summed E-state index contributed by atoms with van der Waals surface area (Å²) in [5, 5.41) is 3.97. The third-order valence-electron chi connectivity index (χ3n) is 3.72. The zero-order chi connectivity index (χ0) is 17.2. The molecule has 0 aliphatic heterocycles. The number of hydrogen-bond donors (Lipinski definition) is 0. The fraction of sp³-hybridized carbons (Fsp3) is 0.316. The SMILES string of the molecule is C[C@H](Oc1ccc(C(C)(C)C)cc1)c1nc(-c2ccccn2)no1. The Labute approximate surface area is 141 Å². The number of benzene rings is 1. The van der Waals surface area contributed by atoms with Crippen LogP contribution in [-0.2, 0) is 5.41 Å². The summed E-state index contributed by atoms with van der Waals surface area (Å²) >= 11 is 0. The van der Waals surface area contributed by atoms with Gasteiger partial charge in [-0.2, -0.15) is 4.98 Å². The molecule has 0 radical (unpaired) electrons. The van der Waals surface area contributed by atoms with Gasteiger partial charge in [-0.1, -0.05) is 44.1 Å². The van der Waals surface area contributed by atoms with Crippen LogP contribution in [0, 0.1) is 0 Å². The van der Waals surface area contributed by atoms with Crippen molar-refractivity contribution in [2.45, 2.75) is 39.2 Å². The van der Waals surface area contributed by atoms with Gasteiger partial charge >= 0.3 is 0 Å². The van der Waals surface area contributed by atoms with Crippen molar-refractivity contribution in [3.8, 4) is 17.3 Å². The second-order valence-electron chi connectivity index (χ2n) is 6.71. The molecule has 5 nitrogen and oxygen atoms in total. The molecule has 0 aliphatic carbocycles. The molecule has 124 valence electrons. The van der Waals surface area contributed by atoms with E-state index in [1.807, 2.05) is 37.3 Å². The maximum atomic E-state index is 5.90. The summed E-state index contributed by atoms with van der Waals surface area (Å²) in [4.78, 5) is 8.58. The summed E-state index contributed by atoms with van der Waals surface area (Å²) in [6.45, 7) is 8.43. The van der Waals surface area contributed by atoms with E-state index in [2.05, 4.69) is 48.0 Å². The fourth-order valence-electron chi connectivity index (χ4n) is 2.29. The lowest BCUT2D eigenvalue weighted by atomic mass is 9.87. The van der Waals surface area contributed by atoms with E-state index in [4.69, 9.17) is 9.26 Å². The lowest BCUT2D eigenvalue weighted by Crippen LogP contribution is -2.10. The number of ether oxygens (including phenoxy) is 1. The maximum Gasteiger partial charge on any atom is 0.267 e. The van der Waals surface area contributed by atoms with Crippen LogP contribution in [0.2, 0.25) is 0 Å². The topological polar surface area (TPSA) is 61.0 Å². The first-order valence-corrected chi connectivity index (χ1v) is 7.96. The summed E-state index contributed by atoms with van der Waals surface area (Å²) in [5.74, 6) is 1.66. The molecule has 0 amide bonds.